The molecule has 1 aromatic rings. The third-order valence-electron chi connectivity index (χ3n) is 6.86. The minimum Gasteiger partial charge on any atom is -0.504 e. The topological polar surface area (TPSA) is 66.8 Å². The number of Topliss-reactive ketones (excluding diaryl/α,β-unsaturated/α-hetero) is 1. The quantitative estimate of drug-likeness (QED) is 0.834. The van der Waals surface area contributed by atoms with Gasteiger partial charge in [-0.2, -0.15) is 0 Å². The first-order valence-electron chi connectivity index (χ1n) is 8.58. The Labute approximate surface area is 136 Å². The van der Waals surface area contributed by atoms with Crippen LogP contribution < -0.4 is 4.74 Å². The largest absolute Gasteiger partial charge is 0.504 e. The summed E-state index contributed by atoms with van der Waals surface area (Å²) in [5.74, 6) is 1.64. The van der Waals surface area contributed by atoms with Gasteiger partial charge in [0.15, 0.2) is 17.3 Å². The van der Waals surface area contributed by atoms with Crippen molar-refractivity contribution in [2.24, 2.45) is 17.3 Å². The van der Waals surface area contributed by atoms with Crippen molar-refractivity contribution in [2.45, 2.75) is 51.0 Å². The standard InChI is InChI=1S/C19H24O4/c1-19-6-5-10-11-9-17(23-2)16(21)8-13(11)15(20)7-12(10)14(19)3-4-18(19)22/h8-10,12,14,18,21-22H,3-7H2,1-2H3/t10?,12?,14?,18-,19-/m0/s1. The molecule has 4 rings (SSSR count). The second kappa shape index (κ2) is 4.97. The number of benzene rings is 1. The van der Waals surface area contributed by atoms with E-state index in [1.54, 1.807) is 6.07 Å². The molecule has 4 nitrogen and oxygen atoms in total. The van der Waals surface area contributed by atoms with Gasteiger partial charge in [0.1, 0.15) is 0 Å². The van der Waals surface area contributed by atoms with Crippen LogP contribution in [0.3, 0.4) is 0 Å². The summed E-state index contributed by atoms with van der Waals surface area (Å²) >= 11 is 0. The summed E-state index contributed by atoms with van der Waals surface area (Å²) in [6, 6.07) is 3.43. The molecular weight excluding hydrogens is 292 g/mol. The molecule has 2 N–H and O–H groups in total. The van der Waals surface area contributed by atoms with E-state index in [2.05, 4.69) is 6.92 Å². The van der Waals surface area contributed by atoms with E-state index in [0.717, 1.165) is 31.2 Å². The van der Waals surface area contributed by atoms with Crippen molar-refractivity contribution in [1.82, 2.24) is 0 Å². The number of carbonyl (C=O) groups excluding carboxylic acids is 1. The zero-order valence-corrected chi connectivity index (χ0v) is 13.7. The molecule has 0 bridgehead atoms. The van der Waals surface area contributed by atoms with Gasteiger partial charge in [0, 0.05) is 12.0 Å². The number of ketones is 1. The highest BCUT2D eigenvalue weighted by Crippen LogP contribution is 2.61. The monoisotopic (exact) mass is 316 g/mol. The van der Waals surface area contributed by atoms with E-state index in [0.29, 0.717) is 35.5 Å². The minimum absolute atomic E-state index is 0.0370. The number of phenols is 1. The van der Waals surface area contributed by atoms with Crippen molar-refractivity contribution in [3.8, 4) is 11.5 Å². The Morgan fingerprint density at radius 1 is 1.26 bits per heavy atom. The van der Waals surface area contributed by atoms with Crippen LogP contribution in [0.25, 0.3) is 0 Å². The molecule has 23 heavy (non-hydrogen) atoms. The van der Waals surface area contributed by atoms with Crippen molar-refractivity contribution in [2.75, 3.05) is 7.11 Å². The van der Waals surface area contributed by atoms with Gasteiger partial charge in [-0.05, 0) is 66.5 Å². The molecule has 3 aliphatic carbocycles. The van der Waals surface area contributed by atoms with E-state index in [4.69, 9.17) is 4.74 Å². The van der Waals surface area contributed by atoms with Gasteiger partial charge in [0.2, 0.25) is 0 Å². The van der Waals surface area contributed by atoms with Gasteiger partial charge in [-0.3, -0.25) is 4.79 Å². The summed E-state index contributed by atoms with van der Waals surface area (Å²) in [7, 11) is 1.54. The Hall–Kier alpha value is -1.55. The molecule has 0 aromatic heterocycles. The Balaban J connectivity index is 1.78. The first-order valence-corrected chi connectivity index (χ1v) is 8.58. The van der Waals surface area contributed by atoms with Crippen LogP contribution in [0.2, 0.25) is 0 Å². The molecule has 0 aliphatic heterocycles. The number of methoxy groups -OCH3 is 1. The number of rotatable bonds is 1. The Morgan fingerprint density at radius 2 is 2.04 bits per heavy atom. The number of aliphatic hydroxyl groups is 1. The van der Waals surface area contributed by atoms with E-state index in [1.807, 2.05) is 6.07 Å². The molecule has 3 unspecified atom stereocenters. The Kier molecular flexibility index (Phi) is 3.24. The van der Waals surface area contributed by atoms with Crippen LogP contribution in [0.15, 0.2) is 12.1 Å². The van der Waals surface area contributed by atoms with E-state index in [9.17, 15) is 15.0 Å². The third kappa shape index (κ3) is 1.97. The number of aliphatic hydroxyl groups excluding tert-OH is 1. The number of carbonyl (C=O) groups is 1. The summed E-state index contributed by atoms with van der Waals surface area (Å²) in [5.41, 5.74) is 1.65. The summed E-state index contributed by atoms with van der Waals surface area (Å²) in [5, 5.41) is 20.4. The SMILES string of the molecule is COc1cc2c(cc1O)C(=O)CC1C2CC[C@@]2(C)C1CC[C@@H]2O. The molecule has 4 heteroatoms. The normalized spacial score (nSPS) is 38.7. The molecule has 0 amide bonds. The van der Waals surface area contributed by atoms with Crippen LogP contribution in [-0.4, -0.2) is 29.2 Å². The van der Waals surface area contributed by atoms with E-state index in [-0.39, 0.29) is 23.1 Å². The molecule has 1 aromatic carbocycles. The lowest BCUT2D eigenvalue weighted by molar-refractivity contribution is -0.0208. The fourth-order valence-corrected chi connectivity index (χ4v) is 5.55. The predicted octanol–water partition coefficient (Wildman–Crippen LogP) is 3.26. The first kappa shape index (κ1) is 15.0. The second-order valence-corrected chi connectivity index (χ2v) is 7.75. The van der Waals surface area contributed by atoms with Crippen molar-refractivity contribution in [3.05, 3.63) is 23.3 Å². The van der Waals surface area contributed by atoms with Gasteiger partial charge < -0.3 is 14.9 Å². The molecule has 124 valence electrons. The summed E-state index contributed by atoms with van der Waals surface area (Å²) in [6.45, 7) is 2.20. The summed E-state index contributed by atoms with van der Waals surface area (Å²) in [6.07, 6.45) is 4.15. The summed E-state index contributed by atoms with van der Waals surface area (Å²) < 4.78 is 5.25. The average molecular weight is 316 g/mol. The van der Waals surface area contributed by atoms with E-state index in [1.165, 1.54) is 7.11 Å². The van der Waals surface area contributed by atoms with Crippen LogP contribution in [0.4, 0.5) is 0 Å². The van der Waals surface area contributed by atoms with Gasteiger partial charge in [0.25, 0.3) is 0 Å². The van der Waals surface area contributed by atoms with Crippen LogP contribution >= 0.6 is 0 Å². The van der Waals surface area contributed by atoms with E-state index < -0.39 is 0 Å². The zero-order valence-electron chi connectivity index (χ0n) is 13.7. The van der Waals surface area contributed by atoms with E-state index >= 15 is 0 Å². The number of hydrogen-bond acceptors (Lipinski definition) is 4. The lowest BCUT2D eigenvalue weighted by Gasteiger charge is -2.49. The lowest BCUT2D eigenvalue weighted by Crippen LogP contribution is -2.44. The number of aromatic hydroxyl groups is 1. The Morgan fingerprint density at radius 3 is 2.78 bits per heavy atom. The fourth-order valence-electron chi connectivity index (χ4n) is 5.55. The number of hydrogen-bond donors (Lipinski definition) is 2. The second-order valence-electron chi connectivity index (χ2n) is 7.75. The molecule has 0 heterocycles. The number of phenolic OH excluding ortho intramolecular Hbond substituents is 1. The van der Waals surface area contributed by atoms with Crippen molar-refractivity contribution in [1.29, 1.82) is 0 Å². The molecule has 0 saturated heterocycles. The summed E-state index contributed by atoms with van der Waals surface area (Å²) in [4.78, 5) is 12.7. The van der Waals surface area contributed by atoms with Gasteiger partial charge in [-0.1, -0.05) is 6.92 Å². The number of ether oxygens (including phenoxy) is 1. The van der Waals surface area contributed by atoms with Gasteiger partial charge in [-0.25, -0.2) is 0 Å². The third-order valence-corrected chi connectivity index (χ3v) is 6.86. The smallest absolute Gasteiger partial charge is 0.163 e. The first-order chi connectivity index (χ1) is 11.0. The van der Waals surface area contributed by atoms with Crippen LogP contribution in [-0.2, 0) is 0 Å². The molecule has 5 atom stereocenters. The maximum absolute atomic E-state index is 12.7. The zero-order chi connectivity index (χ0) is 16.4. The highest BCUT2D eigenvalue weighted by molar-refractivity contribution is 5.99. The molecule has 0 radical (unpaired) electrons. The van der Waals surface area contributed by atoms with Crippen LogP contribution in [0, 0.1) is 17.3 Å². The maximum Gasteiger partial charge on any atom is 0.163 e. The average Bonchev–Trinajstić information content (AvgIpc) is 2.83. The molecular formula is C19H24O4. The Bertz CT molecular complexity index is 668. The van der Waals surface area contributed by atoms with Crippen LogP contribution in [0.1, 0.15) is 60.9 Å². The van der Waals surface area contributed by atoms with Crippen molar-refractivity contribution >= 4 is 5.78 Å². The van der Waals surface area contributed by atoms with Crippen LogP contribution in [0.5, 0.6) is 11.5 Å². The fraction of sp³-hybridized carbons (Fsp3) is 0.632. The molecule has 2 fully saturated rings. The molecule has 0 spiro atoms. The maximum atomic E-state index is 12.7. The lowest BCUT2D eigenvalue weighted by atomic mass is 9.55. The highest BCUT2D eigenvalue weighted by atomic mass is 16.5. The number of fused-ring (bicyclic) bond motifs is 5. The van der Waals surface area contributed by atoms with Gasteiger partial charge >= 0.3 is 0 Å². The minimum atomic E-state index is -0.237. The van der Waals surface area contributed by atoms with Gasteiger partial charge in [0.05, 0.1) is 13.2 Å². The molecule has 2 saturated carbocycles. The highest BCUT2D eigenvalue weighted by Gasteiger charge is 2.55. The van der Waals surface area contributed by atoms with Crippen molar-refractivity contribution in [3.63, 3.8) is 0 Å². The van der Waals surface area contributed by atoms with Crippen molar-refractivity contribution < 1.29 is 19.7 Å². The predicted molar refractivity (Wildman–Crippen MR) is 85.9 cm³/mol. The van der Waals surface area contributed by atoms with Gasteiger partial charge in [-0.15, -0.1) is 0 Å². The molecule has 3 aliphatic rings.